The van der Waals surface area contributed by atoms with Crippen LogP contribution in [0.4, 0.5) is 0 Å². The molecule has 1 aromatic carbocycles. The summed E-state index contributed by atoms with van der Waals surface area (Å²) in [7, 11) is 0. The van der Waals surface area contributed by atoms with E-state index < -0.39 is 0 Å². The Hall–Kier alpha value is -1.84. The number of carbonyl (C=O) groups is 1. The molecule has 1 aliphatic carbocycles. The van der Waals surface area contributed by atoms with Crippen molar-refractivity contribution >= 4 is 11.6 Å². The van der Waals surface area contributed by atoms with Crippen LogP contribution in [0.5, 0.6) is 5.75 Å². The topological polar surface area (TPSA) is 61.7 Å². The average Bonchev–Trinajstić information content (AvgIpc) is 3.10. The number of nitrogens with zero attached hydrogens (tertiary/aromatic N) is 1. The Balaban J connectivity index is 1.97. The van der Waals surface area contributed by atoms with Gasteiger partial charge in [0.2, 0.25) is 0 Å². The van der Waals surface area contributed by atoms with Crippen molar-refractivity contribution in [3.8, 4) is 5.75 Å². The fourth-order valence-corrected chi connectivity index (χ4v) is 1.41. The lowest BCUT2D eigenvalue weighted by Gasteiger charge is -2.01. The molecule has 2 rings (SSSR count). The number of hydrazone groups is 1. The molecule has 16 heavy (non-hydrogen) atoms. The van der Waals surface area contributed by atoms with E-state index in [0.717, 1.165) is 5.71 Å². The minimum Gasteiger partial charge on any atom is -0.508 e. The zero-order chi connectivity index (χ0) is 11.5. The number of rotatable bonds is 3. The summed E-state index contributed by atoms with van der Waals surface area (Å²) >= 11 is 0. The highest BCUT2D eigenvalue weighted by atomic mass is 16.3. The highest BCUT2D eigenvalue weighted by Crippen LogP contribution is 2.30. The Morgan fingerprint density at radius 3 is 2.56 bits per heavy atom. The van der Waals surface area contributed by atoms with Crippen LogP contribution in [-0.4, -0.2) is 16.7 Å². The molecule has 0 unspecified atom stereocenters. The van der Waals surface area contributed by atoms with Crippen molar-refractivity contribution in [1.29, 1.82) is 0 Å². The molecular weight excluding hydrogens is 204 g/mol. The maximum Gasteiger partial charge on any atom is 0.271 e. The normalized spacial score (nSPS) is 15.9. The Labute approximate surface area is 94.0 Å². The zero-order valence-electron chi connectivity index (χ0n) is 9.10. The van der Waals surface area contributed by atoms with Gasteiger partial charge in [0.25, 0.3) is 5.91 Å². The van der Waals surface area contributed by atoms with Crippen molar-refractivity contribution in [3.05, 3.63) is 29.8 Å². The summed E-state index contributed by atoms with van der Waals surface area (Å²) in [5, 5.41) is 13.1. The number of amides is 1. The maximum absolute atomic E-state index is 11.6. The molecule has 4 heteroatoms. The first-order chi connectivity index (χ1) is 7.66. The summed E-state index contributed by atoms with van der Waals surface area (Å²) in [6, 6.07) is 6.08. The standard InChI is InChI=1S/C12H14N2O2/c1-8(9-2-3-9)13-14-12(16)10-4-6-11(15)7-5-10/h4-7,9,15H,2-3H2,1H3,(H,14,16). The number of carbonyl (C=O) groups excluding carboxylic acids is 1. The maximum atomic E-state index is 11.6. The second-order valence-electron chi connectivity index (χ2n) is 4.02. The van der Waals surface area contributed by atoms with Gasteiger partial charge in [-0.1, -0.05) is 0 Å². The zero-order valence-corrected chi connectivity index (χ0v) is 9.10. The Morgan fingerprint density at radius 2 is 2.00 bits per heavy atom. The lowest BCUT2D eigenvalue weighted by atomic mass is 10.2. The Bertz CT molecular complexity index is 419. The molecule has 1 aliphatic rings. The molecular formula is C12H14N2O2. The summed E-state index contributed by atoms with van der Waals surface area (Å²) < 4.78 is 0. The molecule has 0 radical (unpaired) electrons. The van der Waals surface area contributed by atoms with Crippen LogP contribution in [-0.2, 0) is 0 Å². The molecule has 1 saturated carbocycles. The first kappa shape index (κ1) is 10.7. The van der Waals surface area contributed by atoms with Crippen LogP contribution in [0.25, 0.3) is 0 Å². The van der Waals surface area contributed by atoms with Gasteiger partial charge in [-0.3, -0.25) is 4.79 Å². The van der Waals surface area contributed by atoms with Crippen molar-refractivity contribution < 1.29 is 9.90 Å². The molecule has 0 heterocycles. The average molecular weight is 218 g/mol. The first-order valence-electron chi connectivity index (χ1n) is 5.30. The van der Waals surface area contributed by atoms with E-state index in [-0.39, 0.29) is 11.7 Å². The van der Waals surface area contributed by atoms with Crippen molar-refractivity contribution in [2.45, 2.75) is 19.8 Å². The van der Waals surface area contributed by atoms with E-state index in [4.69, 9.17) is 5.11 Å². The number of benzene rings is 1. The second-order valence-corrected chi connectivity index (χ2v) is 4.02. The van der Waals surface area contributed by atoms with E-state index in [1.807, 2.05) is 6.92 Å². The molecule has 0 aromatic heterocycles. The van der Waals surface area contributed by atoms with Gasteiger partial charge < -0.3 is 5.11 Å². The van der Waals surface area contributed by atoms with Gasteiger partial charge in [-0.15, -0.1) is 0 Å². The van der Waals surface area contributed by atoms with E-state index in [2.05, 4.69) is 10.5 Å². The molecule has 0 spiro atoms. The van der Waals surface area contributed by atoms with Crippen LogP contribution in [0.3, 0.4) is 0 Å². The number of phenols is 1. The lowest BCUT2D eigenvalue weighted by molar-refractivity contribution is 0.0954. The smallest absolute Gasteiger partial charge is 0.271 e. The number of hydrogen-bond donors (Lipinski definition) is 2. The van der Waals surface area contributed by atoms with Crippen molar-refractivity contribution in [2.24, 2.45) is 11.0 Å². The fourth-order valence-electron chi connectivity index (χ4n) is 1.41. The summed E-state index contributed by atoms with van der Waals surface area (Å²) in [5.74, 6) is 0.453. The van der Waals surface area contributed by atoms with Crippen molar-refractivity contribution in [1.82, 2.24) is 5.43 Å². The highest BCUT2D eigenvalue weighted by Gasteiger charge is 2.24. The number of hydrogen-bond acceptors (Lipinski definition) is 3. The van der Waals surface area contributed by atoms with Gasteiger partial charge in [-0.2, -0.15) is 5.10 Å². The van der Waals surface area contributed by atoms with Crippen LogP contribution < -0.4 is 5.43 Å². The third-order valence-electron chi connectivity index (χ3n) is 2.63. The number of nitrogens with one attached hydrogen (secondary N) is 1. The Kier molecular flexibility index (Phi) is 2.90. The quantitative estimate of drug-likeness (QED) is 0.601. The summed E-state index contributed by atoms with van der Waals surface area (Å²) in [5.41, 5.74) is 3.98. The third-order valence-corrected chi connectivity index (χ3v) is 2.63. The van der Waals surface area contributed by atoms with Gasteiger partial charge in [0.1, 0.15) is 5.75 Å². The molecule has 1 fully saturated rings. The number of phenolic OH excluding ortho intramolecular Hbond substituents is 1. The van der Waals surface area contributed by atoms with Crippen molar-refractivity contribution in [2.75, 3.05) is 0 Å². The first-order valence-corrected chi connectivity index (χ1v) is 5.30. The van der Waals surface area contributed by atoms with Gasteiger partial charge in [-0.25, -0.2) is 5.43 Å². The van der Waals surface area contributed by atoms with E-state index in [1.165, 1.54) is 25.0 Å². The molecule has 0 aliphatic heterocycles. The largest absolute Gasteiger partial charge is 0.508 e. The molecule has 0 saturated heterocycles. The minimum atomic E-state index is -0.250. The predicted molar refractivity (Wildman–Crippen MR) is 61.4 cm³/mol. The van der Waals surface area contributed by atoms with Crippen LogP contribution in [0.15, 0.2) is 29.4 Å². The van der Waals surface area contributed by atoms with Crippen LogP contribution in [0.1, 0.15) is 30.1 Å². The SMILES string of the molecule is CC(=NNC(=O)c1ccc(O)cc1)C1CC1. The molecule has 0 bridgehead atoms. The van der Waals surface area contributed by atoms with Gasteiger partial charge in [0.15, 0.2) is 0 Å². The van der Waals surface area contributed by atoms with Gasteiger partial charge in [0.05, 0.1) is 0 Å². The summed E-state index contributed by atoms with van der Waals surface area (Å²) in [6.45, 7) is 1.93. The van der Waals surface area contributed by atoms with E-state index in [9.17, 15) is 4.79 Å². The summed E-state index contributed by atoms with van der Waals surface area (Å²) in [4.78, 5) is 11.6. The molecule has 1 amide bonds. The van der Waals surface area contributed by atoms with Crippen LogP contribution in [0, 0.1) is 5.92 Å². The fraction of sp³-hybridized carbons (Fsp3) is 0.333. The molecule has 2 N–H and O–H groups in total. The van der Waals surface area contributed by atoms with Crippen molar-refractivity contribution in [3.63, 3.8) is 0 Å². The molecule has 84 valence electrons. The third kappa shape index (κ3) is 2.59. The highest BCUT2D eigenvalue weighted by molar-refractivity contribution is 5.95. The van der Waals surface area contributed by atoms with Gasteiger partial charge in [0, 0.05) is 11.3 Å². The second kappa shape index (κ2) is 4.35. The minimum absolute atomic E-state index is 0.147. The molecule has 0 atom stereocenters. The number of aromatic hydroxyl groups is 1. The van der Waals surface area contributed by atoms with Crippen LogP contribution >= 0.6 is 0 Å². The predicted octanol–water partition coefficient (Wildman–Crippen LogP) is 1.91. The van der Waals surface area contributed by atoms with E-state index in [1.54, 1.807) is 12.1 Å². The Morgan fingerprint density at radius 1 is 1.38 bits per heavy atom. The van der Waals surface area contributed by atoms with Crippen LogP contribution in [0.2, 0.25) is 0 Å². The van der Waals surface area contributed by atoms with Gasteiger partial charge in [-0.05, 0) is 49.9 Å². The van der Waals surface area contributed by atoms with E-state index in [0.29, 0.717) is 11.5 Å². The molecule has 4 nitrogen and oxygen atoms in total. The molecule has 1 aromatic rings. The lowest BCUT2D eigenvalue weighted by Crippen LogP contribution is -2.19. The monoisotopic (exact) mass is 218 g/mol. The van der Waals surface area contributed by atoms with Gasteiger partial charge >= 0.3 is 0 Å². The van der Waals surface area contributed by atoms with E-state index >= 15 is 0 Å². The summed E-state index contributed by atoms with van der Waals surface area (Å²) in [6.07, 6.45) is 2.34.